The molecule has 0 aliphatic carbocycles. The lowest BCUT2D eigenvalue weighted by Gasteiger charge is -2.16. The standard InChI is InChI=1S/C18H15Cl2NO3/c19-15-7-6-12(8-16(15)20)11-24-18(23)13-9-17(22)21(10-13)14-4-2-1-3-5-14/h1-8,13H,9-11H2. The predicted octanol–water partition coefficient (Wildman–Crippen LogP) is 4.09. The Morgan fingerprint density at radius 2 is 1.88 bits per heavy atom. The molecule has 3 rings (SSSR count). The van der Waals surface area contributed by atoms with Crippen molar-refractivity contribution in [2.24, 2.45) is 5.92 Å². The first-order valence-corrected chi connectivity index (χ1v) is 8.26. The van der Waals surface area contributed by atoms with Crippen LogP contribution in [0.5, 0.6) is 0 Å². The molecule has 0 saturated carbocycles. The van der Waals surface area contributed by atoms with Crippen LogP contribution in [-0.2, 0) is 20.9 Å². The van der Waals surface area contributed by atoms with E-state index in [2.05, 4.69) is 0 Å². The average Bonchev–Trinajstić information content (AvgIpc) is 2.98. The van der Waals surface area contributed by atoms with E-state index >= 15 is 0 Å². The van der Waals surface area contributed by atoms with Crippen molar-refractivity contribution in [3.8, 4) is 0 Å². The van der Waals surface area contributed by atoms with Gasteiger partial charge in [0.15, 0.2) is 0 Å². The van der Waals surface area contributed by atoms with Crippen LogP contribution in [0.1, 0.15) is 12.0 Å². The van der Waals surface area contributed by atoms with Gasteiger partial charge in [0.05, 0.1) is 16.0 Å². The summed E-state index contributed by atoms with van der Waals surface area (Å²) in [6, 6.07) is 14.4. The minimum absolute atomic E-state index is 0.0716. The number of amides is 1. The van der Waals surface area contributed by atoms with Gasteiger partial charge >= 0.3 is 5.97 Å². The third-order valence-corrected chi connectivity index (χ3v) is 4.63. The highest BCUT2D eigenvalue weighted by atomic mass is 35.5. The third kappa shape index (κ3) is 3.71. The fourth-order valence-electron chi connectivity index (χ4n) is 2.62. The maximum atomic E-state index is 12.2. The second-order valence-electron chi connectivity index (χ2n) is 5.60. The van der Waals surface area contributed by atoms with Crippen molar-refractivity contribution in [3.63, 3.8) is 0 Å². The van der Waals surface area contributed by atoms with Crippen LogP contribution in [0.4, 0.5) is 5.69 Å². The van der Waals surface area contributed by atoms with E-state index in [0.717, 1.165) is 11.3 Å². The normalized spacial score (nSPS) is 17.2. The van der Waals surface area contributed by atoms with E-state index in [0.29, 0.717) is 16.6 Å². The minimum Gasteiger partial charge on any atom is -0.461 e. The summed E-state index contributed by atoms with van der Waals surface area (Å²) in [4.78, 5) is 26.0. The summed E-state index contributed by atoms with van der Waals surface area (Å²) in [5.41, 5.74) is 1.55. The summed E-state index contributed by atoms with van der Waals surface area (Å²) < 4.78 is 5.32. The first-order chi connectivity index (χ1) is 11.5. The van der Waals surface area contributed by atoms with Crippen LogP contribution < -0.4 is 4.90 Å². The number of esters is 1. The molecule has 1 fully saturated rings. The second kappa shape index (κ2) is 7.24. The monoisotopic (exact) mass is 363 g/mol. The molecule has 124 valence electrons. The molecule has 1 atom stereocenters. The van der Waals surface area contributed by atoms with Gasteiger partial charge in [0.25, 0.3) is 0 Å². The Balaban J connectivity index is 1.60. The number of nitrogens with zero attached hydrogens (tertiary/aromatic N) is 1. The number of rotatable bonds is 4. The molecule has 2 aromatic carbocycles. The molecule has 1 heterocycles. The topological polar surface area (TPSA) is 46.6 Å². The number of benzene rings is 2. The Hall–Kier alpha value is -2.04. The van der Waals surface area contributed by atoms with Crippen LogP contribution in [0.25, 0.3) is 0 Å². The predicted molar refractivity (Wildman–Crippen MR) is 93.2 cm³/mol. The lowest BCUT2D eigenvalue weighted by atomic mass is 10.1. The molecule has 0 aromatic heterocycles. The highest BCUT2D eigenvalue weighted by Gasteiger charge is 2.36. The maximum Gasteiger partial charge on any atom is 0.311 e. The summed E-state index contributed by atoms with van der Waals surface area (Å²) in [6.45, 7) is 0.439. The van der Waals surface area contributed by atoms with Gasteiger partial charge in [-0.1, -0.05) is 47.5 Å². The number of carbonyl (C=O) groups is 2. The van der Waals surface area contributed by atoms with E-state index in [4.69, 9.17) is 27.9 Å². The van der Waals surface area contributed by atoms with E-state index < -0.39 is 5.92 Å². The van der Waals surface area contributed by atoms with E-state index in [-0.39, 0.29) is 24.9 Å². The fraction of sp³-hybridized carbons (Fsp3) is 0.222. The number of para-hydroxylation sites is 1. The number of anilines is 1. The van der Waals surface area contributed by atoms with Gasteiger partial charge in [-0.25, -0.2) is 0 Å². The fourth-order valence-corrected chi connectivity index (χ4v) is 2.95. The van der Waals surface area contributed by atoms with Crippen LogP contribution >= 0.6 is 23.2 Å². The summed E-state index contributed by atoms with van der Waals surface area (Å²) in [6.07, 6.45) is 0.162. The molecule has 6 heteroatoms. The zero-order chi connectivity index (χ0) is 17.1. The van der Waals surface area contributed by atoms with Gasteiger partial charge in [-0.05, 0) is 29.8 Å². The first kappa shape index (κ1) is 16.8. The molecule has 2 aromatic rings. The quantitative estimate of drug-likeness (QED) is 0.768. The van der Waals surface area contributed by atoms with Crippen molar-refractivity contribution in [2.45, 2.75) is 13.0 Å². The van der Waals surface area contributed by atoms with Gasteiger partial charge in [0, 0.05) is 18.7 Å². The Morgan fingerprint density at radius 1 is 1.12 bits per heavy atom. The average molecular weight is 364 g/mol. The Bertz CT molecular complexity index is 764. The van der Waals surface area contributed by atoms with E-state index in [1.165, 1.54) is 0 Å². The van der Waals surface area contributed by atoms with Crippen LogP contribution in [-0.4, -0.2) is 18.4 Å². The summed E-state index contributed by atoms with van der Waals surface area (Å²) in [5.74, 6) is -0.911. The molecular formula is C18H15Cl2NO3. The van der Waals surface area contributed by atoms with Crippen molar-refractivity contribution in [1.82, 2.24) is 0 Å². The number of ether oxygens (including phenoxy) is 1. The van der Waals surface area contributed by atoms with Gasteiger partial charge in [-0.15, -0.1) is 0 Å². The maximum absolute atomic E-state index is 12.2. The van der Waals surface area contributed by atoms with E-state index in [1.54, 1.807) is 23.1 Å². The molecule has 0 N–H and O–H groups in total. The summed E-state index contributed by atoms with van der Waals surface area (Å²) in [5, 5.41) is 0.864. The molecule has 0 radical (unpaired) electrons. The van der Waals surface area contributed by atoms with Crippen molar-refractivity contribution in [1.29, 1.82) is 0 Å². The van der Waals surface area contributed by atoms with Crippen LogP contribution in [0.15, 0.2) is 48.5 Å². The van der Waals surface area contributed by atoms with Gasteiger partial charge in [-0.2, -0.15) is 0 Å². The highest BCUT2D eigenvalue weighted by Crippen LogP contribution is 2.26. The number of halogens is 2. The Labute approximate surface area is 149 Å². The molecule has 0 spiro atoms. The van der Waals surface area contributed by atoms with Crippen molar-refractivity contribution >= 4 is 40.8 Å². The molecular weight excluding hydrogens is 349 g/mol. The van der Waals surface area contributed by atoms with Gasteiger partial charge in [0.1, 0.15) is 6.61 Å². The number of hydrogen-bond donors (Lipinski definition) is 0. The lowest BCUT2D eigenvalue weighted by Crippen LogP contribution is -2.26. The first-order valence-electron chi connectivity index (χ1n) is 7.50. The molecule has 1 aliphatic heterocycles. The largest absolute Gasteiger partial charge is 0.461 e. The smallest absolute Gasteiger partial charge is 0.311 e. The Morgan fingerprint density at radius 3 is 2.58 bits per heavy atom. The van der Waals surface area contributed by atoms with Crippen LogP contribution in [0.3, 0.4) is 0 Å². The van der Waals surface area contributed by atoms with E-state index in [1.807, 2.05) is 30.3 Å². The van der Waals surface area contributed by atoms with Crippen LogP contribution in [0.2, 0.25) is 10.0 Å². The number of hydrogen-bond acceptors (Lipinski definition) is 3. The minimum atomic E-state index is -0.458. The van der Waals surface area contributed by atoms with Gasteiger partial charge in [-0.3, -0.25) is 9.59 Å². The van der Waals surface area contributed by atoms with Crippen molar-refractivity contribution < 1.29 is 14.3 Å². The van der Waals surface area contributed by atoms with E-state index in [9.17, 15) is 9.59 Å². The zero-order valence-electron chi connectivity index (χ0n) is 12.7. The van der Waals surface area contributed by atoms with Gasteiger partial charge < -0.3 is 9.64 Å². The molecule has 4 nitrogen and oxygen atoms in total. The highest BCUT2D eigenvalue weighted by molar-refractivity contribution is 6.42. The number of carbonyl (C=O) groups excluding carboxylic acids is 2. The molecule has 1 amide bonds. The summed E-state index contributed by atoms with van der Waals surface area (Å²) >= 11 is 11.8. The van der Waals surface area contributed by atoms with Crippen molar-refractivity contribution in [2.75, 3.05) is 11.4 Å². The Kier molecular flexibility index (Phi) is 5.07. The van der Waals surface area contributed by atoms with Crippen molar-refractivity contribution in [3.05, 3.63) is 64.1 Å². The molecule has 24 heavy (non-hydrogen) atoms. The molecule has 1 saturated heterocycles. The zero-order valence-corrected chi connectivity index (χ0v) is 14.3. The third-order valence-electron chi connectivity index (χ3n) is 3.89. The second-order valence-corrected chi connectivity index (χ2v) is 6.41. The summed E-state index contributed by atoms with van der Waals surface area (Å²) in [7, 11) is 0. The lowest BCUT2D eigenvalue weighted by molar-refractivity contribution is -0.149. The van der Waals surface area contributed by atoms with Gasteiger partial charge in [0.2, 0.25) is 5.91 Å². The molecule has 1 unspecified atom stereocenters. The molecule has 1 aliphatic rings. The van der Waals surface area contributed by atoms with Crippen LogP contribution in [0, 0.1) is 5.92 Å². The molecule has 0 bridgehead atoms. The SMILES string of the molecule is O=C(OCc1ccc(Cl)c(Cl)c1)C1CC(=O)N(c2ccccc2)C1.